The largest absolute Gasteiger partial charge is 0.492 e. The van der Waals surface area contributed by atoms with E-state index in [1.807, 2.05) is 55.5 Å². The number of carbonyl (C=O) groups excluding carboxylic acids is 1. The SMILES string of the molecule is Cc1ccc(OCCn2c(CCNC(=O)c3ccccc3[N+](=O)[O-])nc3ccccc32)cc1. The summed E-state index contributed by atoms with van der Waals surface area (Å²) < 4.78 is 7.98. The fourth-order valence-corrected chi connectivity index (χ4v) is 3.66. The molecule has 0 bridgehead atoms. The number of rotatable bonds is 9. The van der Waals surface area contributed by atoms with Crippen LogP contribution in [-0.4, -0.2) is 33.5 Å². The third-order valence-corrected chi connectivity index (χ3v) is 5.32. The van der Waals surface area contributed by atoms with E-state index in [2.05, 4.69) is 9.88 Å². The number of para-hydroxylation sites is 3. The molecule has 0 aliphatic rings. The first-order valence-electron chi connectivity index (χ1n) is 10.7. The molecule has 0 unspecified atom stereocenters. The van der Waals surface area contributed by atoms with Gasteiger partial charge < -0.3 is 14.6 Å². The molecule has 0 aliphatic heterocycles. The van der Waals surface area contributed by atoms with E-state index in [-0.39, 0.29) is 11.3 Å². The molecule has 0 fully saturated rings. The summed E-state index contributed by atoms with van der Waals surface area (Å²) in [6.07, 6.45) is 0.478. The number of nitro benzene ring substituents is 1. The second-order valence-electron chi connectivity index (χ2n) is 7.61. The van der Waals surface area contributed by atoms with Crippen molar-refractivity contribution in [2.45, 2.75) is 19.9 Å². The minimum Gasteiger partial charge on any atom is -0.492 e. The highest BCUT2D eigenvalue weighted by atomic mass is 16.6. The van der Waals surface area contributed by atoms with Gasteiger partial charge in [-0.15, -0.1) is 0 Å². The average Bonchev–Trinajstić information content (AvgIpc) is 3.17. The highest BCUT2D eigenvalue weighted by Crippen LogP contribution is 2.19. The van der Waals surface area contributed by atoms with Gasteiger partial charge in [-0.05, 0) is 37.3 Å². The van der Waals surface area contributed by atoms with E-state index in [4.69, 9.17) is 9.72 Å². The van der Waals surface area contributed by atoms with Crippen LogP contribution in [0.2, 0.25) is 0 Å². The molecule has 33 heavy (non-hydrogen) atoms. The van der Waals surface area contributed by atoms with Crippen molar-refractivity contribution in [3.8, 4) is 5.75 Å². The number of hydrogen-bond donors (Lipinski definition) is 1. The van der Waals surface area contributed by atoms with E-state index >= 15 is 0 Å². The fraction of sp³-hybridized carbons (Fsp3) is 0.200. The minimum absolute atomic E-state index is 0.0440. The fourth-order valence-electron chi connectivity index (χ4n) is 3.66. The molecule has 3 aromatic carbocycles. The molecule has 8 nitrogen and oxygen atoms in total. The zero-order valence-corrected chi connectivity index (χ0v) is 18.2. The van der Waals surface area contributed by atoms with E-state index < -0.39 is 10.8 Å². The molecule has 0 spiro atoms. The highest BCUT2D eigenvalue weighted by Gasteiger charge is 2.19. The zero-order valence-electron chi connectivity index (χ0n) is 18.2. The van der Waals surface area contributed by atoms with Gasteiger partial charge in [0.05, 0.1) is 22.5 Å². The van der Waals surface area contributed by atoms with Gasteiger partial charge in [-0.1, -0.05) is 42.0 Å². The lowest BCUT2D eigenvalue weighted by atomic mass is 10.1. The van der Waals surface area contributed by atoms with Gasteiger partial charge in [-0.3, -0.25) is 14.9 Å². The Balaban J connectivity index is 1.43. The molecule has 0 atom stereocenters. The zero-order chi connectivity index (χ0) is 23.2. The topological polar surface area (TPSA) is 99.3 Å². The van der Waals surface area contributed by atoms with Crippen LogP contribution in [0.15, 0.2) is 72.8 Å². The van der Waals surface area contributed by atoms with Crippen molar-refractivity contribution in [2.75, 3.05) is 13.2 Å². The van der Waals surface area contributed by atoms with Crippen molar-refractivity contribution in [1.29, 1.82) is 0 Å². The van der Waals surface area contributed by atoms with Crippen LogP contribution in [0.3, 0.4) is 0 Å². The predicted molar refractivity (Wildman–Crippen MR) is 126 cm³/mol. The number of imidazole rings is 1. The summed E-state index contributed by atoms with van der Waals surface area (Å²) in [7, 11) is 0. The van der Waals surface area contributed by atoms with Crippen molar-refractivity contribution in [1.82, 2.24) is 14.9 Å². The van der Waals surface area contributed by atoms with Gasteiger partial charge in [0.1, 0.15) is 23.7 Å². The number of nitrogens with one attached hydrogen (secondary N) is 1. The molecule has 8 heteroatoms. The van der Waals surface area contributed by atoms with E-state index in [0.717, 1.165) is 22.6 Å². The van der Waals surface area contributed by atoms with Gasteiger partial charge in [0.2, 0.25) is 0 Å². The summed E-state index contributed by atoms with van der Waals surface area (Å²) in [5, 5.41) is 14.0. The Kier molecular flexibility index (Phi) is 6.64. The monoisotopic (exact) mass is 444 g/mol. The van der Waals surface area contributed by atoms with Crippen LogP contribution >= 0.6 is 0 Å². The van der Waals surface area contributed by atoms with Crippen LogP contribution in [0, 0.1) is 17.0 Å². The van der Waals surface area contributed by atoms with Crippen molar-refractivity contribution in [3.05, 3.63) is 99.9 Å². The van der Waals surface area contributed by atoms with Gasteiger partial charge in [-0.2, -0.15) is 0 Å². The lowest BCUT2D eigenvalue weighted by molar-refractivity contribution is -0.385. The molecule has 1 aromatic heterocycles. The summed E-state index contributed by atoms with van der Waals surface area (Å²) in [6.45, 7) is 3.40. The first-order chi connectivity index (χ1) is 16.0. The smallest absolute Gasteiger partial charge is 0.282 e. The predicted octanol–water partition coefficient (Wildman–Crippen LogP) is 4.30. The molecule has 1 heterocycles. The van der Waals surface area contributed by atoms with E-state index in [0.29, 0.717) is 26.1 Å². The van der Waals surface area contributed by atoms with Gasteiger partial charge >= 0.3 is 0 Å². The van der Waals surface area contributed by atoms with Crippen molar-refractivity contribution in [3.63, 3.8) is 0 Å². The number of hydrogen-bond acceptors (Lipinski definition) is 5. The molecule has 1 amide bonds. The van der Waals surface area contributed by atoms with Crippen molar-refractivity contribution in [2.24, 2.45) is 0 Å². The van der Waals surface area contributed by atoms with Crippen LogP contribution < -0.4 is 10.1 Å². The summed E-state index contributed by atoms with van der Waals surface area (Å²) in [4.78, 5) is 27.9. The maximum absolute atomic E-state index is 12.5. The van der Waals surface area contributed by atoms with Crippen molar-refractivity contribution < 1.29 is 14.5 Å². The lowest BCUT2D eigenvalue weighted by Crippen LogP contribution is -2.27. The Labute approximate surface area is 191 Å². The van der Waals surface area contributed by atoms with Crippen LogP contribution in [0.5, 0.6) is 5.75 Å². The van der Waals surface area contributed by atoms with Gasteiger partial charge in [0.25, 0.3) is 11.6 Å². The third-order valence-electron chi connectivity index (χ3n) is 5.32. The first-order valence-corrected chi connectivity index (χ1v) is 10.7. The van der Waals surface area contributed by atoms with Crippen LogP contribution in [-0.2, 0) is 13.0 Å². The summed E-state index contributed by atoms with van der Waals surface area (Å²) >= 11 is 0. The third kappa shape index (κ3) is 5.17. The van der Waals surface area contributed by atoms with Gasteiger partial charge in [0, 0.05) is 19.0 Å². The Morgan fingerprint density at radius 1 is 1.06 bits per heavy atom. The standard InChI is InChI=1S/C25H24N4O4/c1-18-10-12-19(13-11-18)33-17-16-28-23-9-5-3-7-21(23)27-24(28)14-15-26-25(30)20-6-2-4-8-22(20)29(31)32/h2-13H,14-17H2,1H3,(H,26,30). The van der Waals surface area contributed by atoms with Crippen molar-refractivity contribution >= 4 is 22.6 Å². The molecular formula is C25H24N4O4. The number of fused-ring (bicyclic) bond motifs is 1. The lowest BCUT2D eigenvalue weighted by Gasteiger charge is -2.11. The summed E-state index contributed by atoms with van der Waals surface area (Å²) in [6, 6.07) is 21.7. The Hall–Kier alpha value is -4.20. The van der Waals surface area contributed by atoms with E-state index in [9.17, 15) is 14.9 Å². The highest BCUT2D eigenvalue weighted by molar-refractivity contribution is 5.98. The second-order valence-corrected chi connectivity index (χ2v) is 7.61. The van der Waals surface area contributed by atoms with Crippen LogP contribution in [0.25, 0.3) is 11.0 Å². The molecular weight excluding hydrogens is 420 g/mol. The van der Waals surface area contributed by atoms with Gasteiger partial charge in [0.15, 0.2) is 0 Å². The van der Waals surface area contributed by atoms with Gasteiger partial charge in [-0.25, -0.2) is 4.98 Å². The number of benzene rings is 3. The molecule has 0 radical (unpaired) electrons. The maximum Gasteiger partial charge on any atom is 0.282 e. The van der Waals surface area contributed by atoms with E-state index in [1.54, 1.807) is 6.07 Å². The van der Waals surface area contributed by atoms with Crippen LogP contribution in [0.4, 0.5) is 5.69 Å². The summed E-state index contributed by atoms with van der Waals surface area (Å²) in [5.74, 6) is 1.14. The normalized spacial score (nSPS) is 10.8. The Morgan fingerprint density at radius 2 is 1.79 bits per heavy atom. The molecule has 0 aliphatic carbocycles. The molecule has 168 valence electrons. The number of ether oxygens (including phenoxy) is 1. The number of aromatic nitrogens is 2. The maximum atomic E-state index is 12.5. The Morgan fingerprint density at radius 3 is 2.58 bits per heavy atom. The average molecular weight is 444 g/mol. The number of nitrogens with zero attached hydrogens (tertiary/aromatic N) is 3. The Bertz CT molecular complexity index is 1280. The molecule has 1 N–H and O–H groups in total. The number of amides is 1. The first kappa shape index (κ1) is 22.0. The number of nitro groups is 1. The van der Waals surface area contributed by atoms with E-state index in [1.165, 1.54) is 23.8 Å². The molecule has 4 rings (SSSR count). The molecule has 4 aromatic rings. The van der Waals surface area contributed by atoms with Crippen LogP contribution in [0.1, 0.15) is 21.7 Å². The molecule has 0 saturated carbocycles. The quantitative estimate of drug-likeness (QED) is 0.306. The number of aryl methyl sites for hydroxylation is 1. The second kappa shape index (κ2) is 9.95. The molecule has 0 saturated heterocycles. The number of carbonyl (C=O) groups is 1. The minimum atomic E-state index is -0.553. The summed E-state index contributed by atoms with van der Waals surface area (Å²) in [5.41, 5.74) is 2.86.